The molecule has 1 amide bonds. The Balaban J connectivity index is 1.37. The van der Waals surface area contributed by atoms with E-state index in [4.69, 9.17) is 0 Å². The Kier molecular flexibility index (Phi) is 6.67. The molecule has 3 rings (SSSR count). The smallest absolute Gasteiger partial charge is 0.269 e. The summed E-state index contributed by atoms with van der Waals surface area (Å²) in [7, 11) is 0. The number of rotatable bonds is 7. The van der Waals surface area contributed by atoms with Gasteiger partial charge >= 0.3 is 0 Å². The number of benzene rings is 2. The lowest BCUT2D eigenvalue weighted by Crippen LogP contribution is -2.49. The number of non-ortho nitro benzene ring substituents is 1. The number of nitro groups is 1. The molecule has 1 aliphatic rings. The van der Waals surface area contributed by atoms with Crippen LogP contribution in [0.5, 0.6) is 0 Å². The van der Waals surface area contributed by atoms with Gasteiger partial charge in [-0.1, -0.05) is 12.1 Å². The summed E-state index contributed by atoms with van der Waals surface area (Å²) in [4.78, 5) is 26.8. The van der Waals surface area contributed by atoms with Crippen LogP contribution in [-0.2, 0) is 11.2 Å². The fourth-order valence-corrected chi connectivity index (χ4v) is 3.18. The van der Waals surface area contributed by atoms with Crippen molar-refractivity contribution < 1.29 is 14.1 Å². The van der Waals surface area contributed by atoms with Crippen molar-refractivity contribution in [2.75, 3.05) is 44.6 Å². The van der Waals surface area contributed by atoms with Gasteiger partial charge in [0.2, 0.25) is 5.91 Å². The van der Waals surface area contributed by atoms with E-state index in [2.05, 4.69) is 15.1 Å². The van der Waals surface area contributed by atoms with E-state index in [1.807, 2.05) is 0 Å². The molecule has 0 atom stereocenters. The highest BCUT2D eigenvalue weighted by atomic mass is 19.1. The molecule has 28 heavy (non-hydrogen) atoms. The number of carbonyl (C=O) groups is 1. The first kappa shape index (κ1) is 19.9. The molecule has 1 fully saturated rings. The lowest BCUT2D eigenvalue weighted by atomic mass is 10.1. The molecule has 1 heterocycles. The van der Waals surface area contributed by atoms with Gasteiger partial charge in [0, 0.05) is 50.5 Å². The van der Waals surface area contributed by atoms with Crippen LogP contribution >= 0.6 is 0 Å². The maximum absolute atomic E-state index is 12.9. The monoisotopic (exact) mass is 386 g/mol. The van der Waals surface area contributed by atoms with Crippen LogP contribution in [0.3, 0.4) is 0 Å². The topological polar surface area (TPSA) is 78.7 Å². The Bertz CT molecular complexity index is 803. The highest BCUT2D eigenvalue weighted by molar-refractivity contribution is 5.92. The molecule has 0 unspecified atom stereocenters. The van der Waals surface area contributed by atoms with Gasteiger partial charge in [0.05, 0.1) is 11.5 Å². The molecule has 0 bridgehead atoms. The van der Waals surface area contributed by atoms with E-state index in [9.17, 15) is 19.3 Å². The molecule has 0 aliphatic carbocycles. The molecular formula is C20H23FN4O3. The first-order chi connectivity index (χ1) is 13.5. The molecule has 1 N–H and O–H groups in total. The SMILES string of the molecule is O=C(CN1CCN(CCc2ccc([N+](=O)[O-])cc2)CC1)Nc1ccc(F)cc1. The molecule has 2 aromatic carbocycles. The first-order valence-electron chi connectivity index (χ1n) is 9.23. The Morgan fingerprint density at radius 3 is 2.21 bits per heavy atom. The summed E-state index contributed by atoms with van der Waals surface area (Å²) < 4.78 is 12.9. The standard InChI is InChI=1S/C20H23FN4O3/c21-17-3-5-18(6-4-17)22-20(26)15-24-13-11-23(12-14-24)10-9-16-1-7-19(8-2-16)25(27)28/h1-8H,9-15H2,(H,22,26). The van der Waals surface area contributed by atoms with Crippen molar-refractivity contribution in [2.24, 2.45) is 0 Å². The van der Waals surface area contributed by atoms with E-state index in [-0.39, 0.29) is 17.4 Å². The minimum atomic E-state index is -0.394. The molecule has 0 aromatic heterocycles. The quantitative estimate of drug-likeness (QED) is 0.584. The van der Waals surface area contributed by atoms with E-state index in [1.54, 1.807) is 24.3 Å². The third-order valence-electron chi connectivity index (χ3n) is 4.82. The van der Waals surface area contributed by atoms with Crippen LogP contribution in [0.4, 0.5) is 15.8 Å². The second kappa shape index (κ2) is 9.38. The summed E-state index contributed by atoms with van der Waals surface area (Å²) in [6.07, 6.45) is 0.836. The number of anilines is 1. The van der Waals surface area contributed by atoms with Crippen LogP contribution in [0.15, 0.2) is 48.5 Å². The number of nitrogens with one attached hydrogen (secondary N) is 1. The molecule has 0 saturated carbocycles. The number of carbonyl (C=O) groups excluding carboxylic acids is 1. The number of nitro benzene ring substituents is 1. The fourth-order valence-electron chi connectivity index (χ4n) is 3.18. The summed E-state index contributed by atoms with van der Waals surface area (Å²) in [5, 5.41) is 13.5. The van der Waals surface area contributed by atoms with Gasteiger partial charge in [0.15, 0.2) is 0 Å². The molecule has 1 aliphatic heterocycles. The number of hydrogen-bond acceptors (Lipinski definition) is 5. The molecule has 8 heteroatoms. The molecular weight excluding hydrogens is 363 g/mol. The lowest BCUT2D eigenvalue weighted by Gasteiger charge is -2.34. The molecule has 2 aromatic rings. The summed E-state index contributed by atoms with van der Waals surface area (Å²) in [6, 6.07) is 12.4. The highest BCUT2D eigenvalue weighted by Gasteiger charge is 2.19. The number of piperazine rings is 1. The normalized spacial score (nSPS) is 15.3. The lowest BCUT2D eigenvalue weighted by molar-refractivity contribution is -0.384. The van der Waals surface area contributed by atoms with E-state index in [0.29, 0.717) is 12.2 Å². The van der Waals surface area contributed by atoms with Crippen molar-refractivity contribution in [3.8, 4) is 0 Å². The Hall–Kier alpha value is -2.84. The van der Waals surface area contributed by atoms with Gasteiger partial charge in [-0.25, -0.2) is 4.39 Å². The van der Waals surface area contributed by atoms with Gasteiger partial charge in [-0.3, -0.25) is 19.8 Å². The van der Waals surface area contributed by atoms with Crippen molar-refractivity contribution in [3.63, 3.8) is 0 Å². The molecule has 7 nitrogen and oxygen atoms in total. The van der Waals surface area contributed by atoms with Gasteiger partial charge in [-0.05, 0) is 36.2 Å². The predicted octanol–water partition coefficient (Wildman–Crippen LogP) is 2.53. The van der Waals surface area contributed by atoms with Gasteiger partial charge in [-0.2, -0.15) is 0 Å². The molecule has 1 saturated heterocycles. The minimum Gasteiger partial charge on any atom is -0.325 e. The second-order valence-corrected chi connectivity index (χ2v) is 6.85. The van der Waals surface area contributed by atoms with Crippen molar-refractivity contribution in [2.45, 2.75) is 6.42 Å². The molecule has 148 valence electrons. The van der Waals surface area contributed by atoms with Crippen molar-refractivity contribution in [1.82, 2.24) is 9.80 Å². The highest BCUT2D eigenvalue weighted by Crippen LogP contribution is 2.13. The first-order valence-corrected chi connectivity index (χ1v) is 9.23. The van der Waals surface area contributed by atoms with Crippen LogP contribution < -0.4 is 5.32 Å². The summed E-state index contributed by atoms with van der Waals surface area (Å²) in [6.45, 7) is 4.54. The number of amides is 1. The van der Waals surface area contributed by atoms with E-state index in [1.165, 1.54) is 24.3 Å². The Morgan fingerprint density at radius 1 is 1.00 bits per heavy atom. The van der Waals surface area contributed by atoms with Crippen molar-refractivity contribution in [1.29, 1.82) is 0 Å². The second-order valence-electron chi connectivity index (χ2n) is 6.85. The van der Waals surface area contributed by atoms with Crippen molar-refractivity contribution >= 4 is 17.3 Å². The minimum absolute atomic E-state index is 0.106. The average Bonchev–Trinajstić information content (AvgIpc) is 2.69. The van der Waals surface area contributed by atoms with Crippen LogP contribution in [0.1, 0.15) is 5.56 Å². The van der Waals surface area contributed by atoms with Crippen LogP contribution in [-0.4, -0.2) is 59.9 Å². The average molecular weight is 386 g/mol. The van der Waals surface area contributed by atoms with E-state index < -0.39 is 4.92 Å². The third-order valence-corrected chi connectivity index (χ3v) is 4.82. The number of nitrogens with zero attached hydrogens (tertiary/aromatic N) is 3. The van der Waals surface area contributed by atoms with Crippen LogP contribution in [0.2, 0.25) is 0 Å². The van der Waals surface area contributed by atoms with E-state index >= 15 is 0 Å². The van der Waals surface area contributed by atoms with Gasteiger partial charge < -0.3 is 10.2 Å². The van der Waals surface area contributed by atoms with Gasteiger partial charge in [-0.15, -0.1) is 0 Å². The maximum Gasteiger partial charge on any atom is 0.269 e. The van der Waals surface area contributed by atoms with Crippen LogP contribution in [0.25, 0.3) is 0 Å². The maximum atomic E-state index is 12.9. The summed E-state index contributed by atoms with van der Waals surface area (Å²) in [5.74, 6) is -0.436. The van der Waals surface area contributed by atoms with Gasteiger partial charge in [0.25, 0.3) is 5.69 Å². The zero-order valence-corrected chi connectivity index (χ0v) is 15.5. The largest absolute Gasteiger partial charge is 0.325 e. The zero-order chi connectivity index (χ0) is 19.9. The van der Waals surface area contributed by atoms with Crippen molar-refractivity contribution in [3.05, 3.63) is 70.0 Å². The number of halogens is 1. The summed E-state index contributed by atoms with van der Waals surface area (Å²) >= 11 is 0. The third kappa shape index (κ3) is 5.83. The number of hydrogen-bond donors (Lipinski definition) is 1. The predicted molar refractivity (Wildman–Crippen MR) is 105 cm³/mol. The zero-order valence-electron chi connectivity index (χ0n) is 15.5. The van der Waals surface area contributed by atoms with Crippen LogP contribution in [0, 0.1) is 15.9 Å². The molecule has 0 spiro atoms. The molecule has 0 radical (unpaired) electrons. The Morgan fingerprint density at radius 2 is 1.61 bits per heavy atom. The summed E-state index contributed by atoms with van der Waals surface area (Å²) in [5.41, 5.74) is 1.77. The fraction of sp³-hybridized carbons (Fsp3) is 0.350. The Labute approximate surface area is 162 Å². The van der Waals surface area contributed by atoms with E-state index in [0.717, 1.165) is 44.7 Å². The van der Waals surface area contributed by atoms with Gasteiger partial charge in [0.1, 0.15) is 5.82 Å².